The number of ketones is 2. The number of hydrogen-bond donors (Lipinski definition) is 10. The van der Waals surface area contributed by atoms with Crippen molar-refractivity contribution >= 4 is 56.8 Å². The van der Waals surface area contributed by atoms with Gasteiger partial charge in [-0.3, -0.25) is 24.0 Å². The minimum atomic E-state index is -1.85. The second-order valence-corrected chi connectivity index (χ2v) is 20.1. The fourth-order valence-corrected chi connectivity index (χ4v) is 9.64. The molecule has 64 heavy (non-hydrogen) atoms. The molecular weight excluding hydrogens is 867 g/mol. The molecule has 18 heteroatoms. The van der Waals surface area contributed by atoms with Gasteiger partial charge in [0, 0.05) is 59.1 Å². The van der Waals surface area contributed by atoms with Crippen LogP contribution in [0.5, 0.6) is 0 Å². The van der Waals surface area contributed by atoms with Crippen LogP contribution in [0.15, 0.2) is 58.4 Å². The van der Waals surface area contributed by atoms with E-state index in [-0.39, 0.29) is 72.5 Å². The lowest BCUT2D eigenvalue weighted by molar-refractivity contribution is -0.141. The second-order valence-electron chi connectivity index (χ2n) is 17.5. The van der Waals surface area contributed by atoms with Gasteiger partial charge in [-0.1, -0.05) is 93.0 Å². The largest absolute Gasteiger partial charge is 0.480 e. The summed E-state index contributed by atoms with van der Waals surface area (Å²) in [7, 11) is 2.56. The van der Waals surface area contributed by atoms with Gasteiger partial charge in [0.1, 0.15) is 24.4 Å². The number of aliphatic hydroxyl groups excluding tert-OH is 6. The highest BCUT2D eigenvalue weighted by atomic mass is 33.1. The van der Waals surface area contributed by atoms with Gasteiger partial charge < -0.3 is 51.7 Å². The summed E-state index contributed by atoms with van der Waals surface area (Å²) in [6.07, 6.45) is 2.53. The maximum Gasteiger partial charge on any atom is 0.327 e. The third-order valence-electron chi connectivity index (χ3n) is 12.0. The van der Waals surface area contributed by atoms with Crippen LogP contribution in [0.2, 0.25) is 0 Å². The number of hydrogen-bond acceptors (Lipinski definition) is 14. The maximum atomic E-state index is 14.0. The first-order valence-electron chi connectivity index (χ1n) is 21.9. The molecule has 0 fully saturated rings. The van der Waals surface area contributed by atoms with E-state index >= 15 is 0 Å². The molecule has 2 rings (SSSR count). The van der Waals surface area contributed by atoms with E-state index in [1.807, 2.05) is 32.9 Å². The Labute approximate surface area is 385 Å². The number of allylic oxidation sites excluding steroid dienone is 7. The molecule has 16 nitrogen and oxygen atoms in total. The van der Waals surface area contributed by atoms with Gasteiger partial charge in [0.05, 0.1) is 24.5 Å². The molecule has 0 aromatic carbocycles. The van der Waals surface area contributed by atoms with Gasteiger partial charge in [0.15, 0.2) is 5.78 Å². The van der Waals surface area contributed by atoms with E-state index in [2.05, 4.69) is 42.8 Å². The summed E-state index contributed by atoms with van der Waals surface area (Å²) in [4.78, 5) is 78.0. The number of rotatable bonds is 19. The average molecular weight is 938 g/mol. The second kappa shape index (κ2) is 27.8. The van der Waals surface area contributed by atoms with Crippen molar-refractivity contribution in [3.05, 3.63) is 58.4 Å². The normalized spacial score (nSPS) is 27.9. The molecule has 2 aliphatic rings. The van der Waals surface area contributed by atoms with Gasteiger partial charge in [0.25, 0.3) is 5.91 Å². The molecule has 0 aromatic heterocycles. The quantitative estimate of drug-likeness (QED) is 0.0386. The molecule has 1 heterocycles. The van der Waals surface area contributed by atoms with Crippen LogP contribution in [0.4, 0.5) is 0 Å². The molecule has 1 aliphatic heterocycles. The van der Waals surface area contributed by atoms with Crippen LogP contribution >= 0.6 is 21.6 Å². The van der Waals surface area contributed by atoms with E-state index in [0.717, 1.165) is 5.57 Å². The Morgan fingerprint density at radius 1 is 0.953 bits per heavy atom. The Morgan fingerprint density at radius 3 is 2.25 bits per heavy atom. The van der Waals surface area contributed by atoms with Gasteiger partial charge in [0.2, 0.25) is 17.6 Å². The first-order valence-corrected chi connectivity index (χ1v) is 24.4. The van der Waals surface area contributed by atoms with Crippen LogP contribution in [0.3, 0.4) is 0 Å². The fourth-order valence-electron chi connectivity index (χ4n) is 7.40. The van der Waals surface area contributed by atoms with Crippen molar-refractivity contribution in [3.8, 4) is 0 Å². The Hall–Kier alpha value is -3.62. The molecule has 0 spiro atoms. The van der Waals surface area contributed by atoms with Gasteiger partial charge in [-0.25, -0.2) is 4.79 Å². The molecule has 0 radical (unpaired) electrons. The van der Waals surface area contributed by atoms with Crippen molar-refractivity contribution in [1.82, 2.24) is 16.0 Å². The lowest BCUT2D eigenvalue weighted by atomic mass is 9.80. The Kier molecular flexibility index (Phi) is 24.5. The highest BCUT2D eigenvalue weighted by molar-refractivity contribution is 8.76. The predicted molar refractivity (Wildman–Crippen MR) is 247 cm³/mol. The number of aliphatic hydroxyl groups is 6. The summed E-state index contributed by atoms with van der Waals surface area (Å²) in [6.45, 7) is 14.1. The third kappa shape index (κ3) is 18.0. The van der Waals surface area contributed by atoms with Gasteiger partial charge >= 0.3 is 5.97 Å². The van der Waals surface area contributed by atoms with Crippen molar-refractivity contribution in [1.29, 1.82) is 0 Å². The molecule has 0 unspecified atom stereocenters. The average Bonchev–Trinajstić information content (AvgIpc) is 3.25. The van der Waals surface area contributed by atoms with E-state index in [4.69, 9.17) is 5.11 Å². The Balaban J connectivity index is 2.05. The summed E-state index contributed by atoms with van der Waals surface area (Å²) < 4.78 is 0. The Bertz CT molecular complexity index is 1800. The van der Waals surface area contributed by atoms with E-state index < -0.39 is 85.1 Å². The summed E-state index contributed by atoms with van der Waals surface area (Å²) >= 11 is 0. The zero-order valence-electron chi connectivity index (χ0n) is 38.3. The van der Waals surface area contributed by atoms with Gasteiger partial charge in [-0.05, 0) is 69.6 Å². The van der Waals surface area contributed by atoms with Gasteiger partial charge in [-0.15, -0.1) is 0 Å². The smallest absolute Gasteiger partial charge is 0.327 e. The van der Waals surface area contributed by atoms with E-state index in [0.29, 0.717) is 35.3 Å². The molecule has 0 saturated carbocycles. The number of fused-ring (bicyclic) bond motifs is 2. The third-order valence-corrected chi connectivity index (χ3v) is 14.5. The number of Topliss-reactive ketones (excluding diaryl/α,β-unsaturated/α-hetero) is 1. The number of carbonyl (C=O) groups excluding carboxylic acids is 5. The standard InChI is InChI=1S/C46H71N3O13S2/c1-24-17-29(6)40(55)30(7)19-28(5)31(8)25(2)11-9-12-26(3)44(59)48-34-20-36(51)32(33(18-24)41(34)56)13-10-16-63-64-23-35(46(61)62)49-45(60)27(4)14-15-39(54)47-21-37(52)42(57)43(58)38(53)22-50/h9,11-12,19-20,24-25,27,29-31,35,37-38,40,42-43,50,52-53,55,57-58H,10,13-18,21-23H2,1-8H3,(H,47,54)(H,48,59)(H,49,60)(H,61,62)/b11-9-,26-12+,28-19+/t24-,25-,27-,29-,30-,31+,35-,37-,38+,40-,42+,43+/m0/s1. The zero-order chi connectivity index (χ0) is 48.4. The summed E-state index contributed by atoms with van der Waals surface area (Å²) in [6, 6.07) is -1.25. The fraction of sp³-hybridized carbons (Fsp3) is 0.652. The Morgan fingerprint density at radius 2 is 1.61 bits per heavy atom. The summed E-state index contributed by atoms with van der Waals surface area (Å²) in [5.41, 5.74) is 2.11. The van der Waals surface area contributed by atoms with Crippen LogP contribution in [0.1, 0.15) is 93.9 Å². The maximum absolute atomic E-state index is 14.0. The molecule has 12 atom stereocenters. The number of amides is 3. The summed E-state index contributed by atoms with van der Waals surface area (Å²) in [5, 5.41) is 76.5. The molecule has 3 amide bonds. The molecular formula is C46H71N3O13S2. The van der Waals surface area contributed by atoms with Crippen molar-refractivity contribution in [2.24, 2.45) is 35.5 Å². The number of carboxylic acids is 1. The molecule has 0 aromatic rings. The van der Waals surface area contributed by atoms with Crippen molar-refractivity contribution in [2.75, 3.05) is 24.7 Å². The molecule has 0 saturated heterocycles. The first-order chi connectivity index (χ1) is 30.0. The van der Waals surface area contributed by atoms with Crippen molar-refractivity contribution in [2.45, 2.75) is 130 Å². The van der Waals surface area contributed by atoms with Crippen LogP contribution < -0.4 is 16.0 Å². The minimum Gasteiger partial charge on any atom is -0.480 e. The highest BCUT2D eigenvalue weighted by Crippen LogP contribution is 2.33. The number of aliphatic carboxylic acids is 1. The number of carbonyl (C=O) groups is 6. The molecule has 2 bridgehead atoms. The molecule has 360 valence electrons. The number of carboxylic acid groups (broad SMARTS) is 1. The lowest BCUT2D eigenvalue weighted by Crippen LogP contribution is -2.49. The van der Waals surface area contributed by atoms with Crippen LogP contribution in [0.25, 0.3) is 0 Å². The van der Waals surface area contributed by atoms with Crippen LogP contribution in [0, 0.1) is 35.5 Å². The lowest BCUT2D eigenvalue weighted by Gasteiger charge is -2.28. The summed E-state index contributed by atoms with van der Waals surface area (Å²) in [5.74, 6) is -3.99. The van der Waals surface area contributed by atoms with Gasteiger partial charge in [-0.2, -0.15) is 0 Å². The number of nitrogens with one attached hydrogen (secondary N) is 3. The van der Waals surface area contributed by atoms with Crippen LogP contribution in [-0.4, -0.2) is 132 Å². The SMILES string of the molecule is C/C1=C\C=C/[C@H](C)[C@@H](C)/C(C)=C/[C@H](C)[C@@H](O)[C@@H](C)C[C@H](C)CC2=C(CCCSSC[C@H](NC(=O)[C@@H](C)CCC(=O)NC[C@H](O)[C@@H](O)[C@H](O)[C@H](O)CO)C(=O)O)C(=O)C=C(NC1=O)C2=O. The highest BCUT2D eigenvalue weighted by Gasteiger charge is 2.33. The van der Waals surface area contributed by atoms with Crippen molar-refractivity contribution < 1.29 is 64.5 Å². The predicted octanol–water partition coefficient (Wildman–Crippen LogP) is 2.92. The first kappa shape index (κ1) is 56.5. The van der Waals surface area contributed by atoms with Crippen molar-refractivity contribution in [3.63, 3.8) is 0 Å². The van der Waals surface area contributed by atoms with E-state index in [1.54, 1.807) is 13.0 Å². The topological polar surface area (TPSA) is 280 Å². The monoisotopic (exact) mass is 937 g/mol. The van der Waals surface area contributed by atoms with Crippen LogP contribution in [-0.2, 0) is 28.8 Å². The minimum absolute atomic E-state index is 0.00435. The molecule has 1 aliphatic carbocycles. The van der Waals surface area contributed by atoms with E-state index in [1.165, 1.54) is 34.6 Å². The zero-order valence-corrected chi connectivity index (χ0v) is 39.9. The molecule has 10 N–H and O–H groups in total. The van der Waals surface area contributed by atoms with E-state index in [9.17, 15) is 59.4 Å².